The summed E-state index contributed by atoms with van der Waals surface area (Å²) in [5.41, 5.74) is -2.28. The summed E-state index contributed by atoms with van der Waals surface area (Å²) in [5, 5.41) is 20.6. The first-order valence-electron chi connectivity index (χ1n) is 5.10. The third-order valence-electron chi connectivity index (χ3n) is 2.49. The number of aliphatic hydroxyl groups excluding tert-OH is 1. The van der Waals surface area contributed by atoms with Gasteiger partial charge in [0.25, 0.3) is 0 Å². The number of carboxylic acid groups (broad SMARTS) is 1. The highest BCUT2D eigenvalue weighted by Gasteiger charge is 2.54. The van der Waals surface area contributed by atoms with Gasteiger partial charge in [-0.25, -0.2) is 9.59 Å². The molecule has 0 aliphatic heterocycles. The van der Waals surface area contributed by atoms with Crippen LogP contribution in [0.1, 0.15) is 33.6 Å². The van der Waals surface area contributed by atoms with Gasteiger partial charge in [0.05, 0.1) is 6.10 Å². The molecule has 1 amide bonds. The van der Waals surface area contributed by atoms with Crippen molar-refractivity contribution in [3.63, 3.8) is 0 Å². The van der Waals surface area contributed by atoms with Crippen molar-refractivity contribution in [2.24, 2.45) is 0 Å². The maximum Gasteiger partial charge on any atom is 0.408 e. The minimum absolute atomic E-state index is 0.211. The topological polar surface area (TPSA) is 95.9 Å². The van der Waals surface area contributed by atoms with Crippen molar-refractivity contribution in [2.75, 3.05) is 0 Å². The summed E-state index contributed by atoms with van der Waals surface area (Å²) in [6.45, 7) is 5.03. The molecule has 6 heteroatoms. The number of carbonyl (C=O) groups is 2. The summed E-state index contributed by atoms with van der Waals surface area (Å²) in [7, 11) is 0. The summed E-state index contributed by atoms with van der Waals surface area (Å²) >= 11 is 0. The number of hydrogen-bond acceptors (Lipinski definition) is 4. The van der Waals surface area contributed by atoms with E-state index in [4.69, 9.17) is 9.84 Å². The number of hydrogen-bond donors (Lipinski definition) is 3. The van der Waals surface area contributed by atoms with Crippen molar-refractivity contribution in [2.45, 2.75) is 50.9 Å². The number of carboxylic acids is 1. The van der Waals surface area contributed by atoms with Crippen LogP contribution in [0.15, 0.2) is 0 Å². The van der Waals surface area contributed by atoms with Gasteiger partial charge in [-0.2, -0.15) is 0 Å². The van der Waals surface area contributed by atoms with Crippen molar-refractivity contribution < 1.29 is 24.5 Å². The molecule has 0 saturated heterocycles. The standard InChI is InChI=1S/C10H17NO5/c1-9(2,3)16-8(15)11-10(7(13)14)5-4-6(10)12/h6,12H,4-5H2,1-3H3,(H,11,15)(H,13,14). The van der Waals surface area contributed by atoms with Gasteiger partial charge in [0.15, 0.2) is 5.54 Å². The Kier molecular flexibility index (Phi) is 3.14. The molecule has 0 aromatic rings. The molecule has 3 N–H and O–H groups in total. The van der Waals surface area contributed by atoms with Gasteiger partial charge in [-0.15, -0.1) is 0 Å². The van der Waals surface area contributed by atoms with Crippen LogP contribution in [0.25, 0.3) is 0 Å². The first kappa shape index (κ1) is 12.8. The molecule has 0 heterocycles. The predicted octanol–water partition coefficient (Wildman–Crippen LogP) is 0.489. The second-order valence-corrected chi connectivity index (χ2v) is 4.96. The first-order chi connectivity index (χ1) is 7.17. The van der Waals surface area contributed by atoms with Crippen LogP contribution >= 0.6 is 0 Å². The van der Waals surface area contributed by atoms with Crippen molar-refractivity contribution in [3.05, 3.63) is 0 Å². The molecule has 1 aliphatic rings. The highest BCUT2D eigenvalue weighted by Crippen LogP contribution is 2.33. The maximum atomic E-state index is 11.4. The Bertz CT molecular complexity index is 309. The van der Waals surface area contributed by atoms with E-state index in [1.165, 1.54) is 0 Å². The fourth-order valence-corrected chi connectivity index (χ4v) is 1.50. The summed E-state index contributed by atoms with van der Waals surface area (Å²) < 4.78 is 4.94. The number of aliphatic hydroxyl groups is 1. The van der Waals surface area contributed by atoms with Gasteiger partial charge in [-0.3, -0.25) is 0 Å². The van der Waals surface area contributed by atoms with E-state index in [0.717, 1.165) is 0 Å². The Balaban J connectivity index is 2.65. The Labute approximate surface area is 93.6 Å². The fourth-order valence-electron chi connectivity index (χ4n) is 1.50. The Morgan fingerprint density at radius 2 is 2.00 bits per heavy atom. The van der Waals surface area contributed by atoms with Gasteiger partial charge in [0.2, 0.25) is 0 Å². The average molecular weight is 231 g/mol. The number of ether oxygens (including phenoxy) is 1. The molecule has 16 heavy (non-hydrogen) atoms. The van der Waals surface area contributed by atoms with E-state index in [2.05, 4.69) is 5.32 Å². The van der Waals surface area contributed by atoms with Crippen LogP contribution < -0.4 is 5.32 Å². The van der Waals surface area contributed by atoms with E-state index < -0.39 is 29.3 Å². The molecule has 2 atom stereocenters. The number of aliphatic carboxylic acids is 1. The lowest BCUT2D eigenvalue weighted by Gasteiger charge is -2.43. The number of nitrogens with one attached hydrogen (secondary N) is 1. The van der Waals surface area contributed by atoms with Gasteiger partial charge in [0.1, 0.15) is 5.60 Å². The summed E-state index contributed by atoms with van der Waals surface area (Å²) in [6.07, 6.45) is -1.31. The zero-order chi connectivity index (χ0) is 12.6. The number of carbonyl (C=O) groups excluding carboxylic acids is 1. The first-order valence-corrected chi connectivity index (χ1v) is 5.10. The van der Waals surface area contributed by atoms with Gasteiger partial charge in [0, 0.05) is 0 Å². The van der Waals surface area contributed by atoms with Crippen molar-refractivity contribution >= 4 is 12.1 Å². The zero-order valence-electron chi connectivity index (χ0n) is 9.61. The van der Waals surface area contributed by atoms with E-state index in [9.17, 15) is 14.7 Å². The van der Waals surface area contributed by atoms with Crippen LogP contribution in [0.2, 0.25) is 0 Å². The minimum Gasteiger partial charge on any atom is -0.479 e. The SMILES string of the molecule is CC(C)(C)OC(=O)NC1(C(=O)O)CCC1O. The molecule has 0 bridgehead atoms. The summed E-state index contributed by atoms with van der Waals surface area (Å²) in [5.74, 6) is -1.24. The molecular formula is C10H17NO5. The molecule has 0 aromatic heterocycles. The third-order valence-corrected chi connectivity index (χ3v) is 2.49. The van der Waals surface area contributed by atoms with E-state index >= 15 is 0 Å². The van der Waals surface area contributed by atoms with E-state index in [0.29, 0.717) is 6.42 Å². The Hall–Kier alpha value is -1.30. The van der Waals surface area contributed by atoms with Crippen LogP contribution in [-0.2, 0) is 9.53 Å². The number of rotatable bonds is 2. The van der Waals surface area contributed by atoms with E-state index in [-0.39, 0.29) is 6.42 Å². The second-order valence-electron chi connectivity index (χ2n) is 4.96. The van der Waals surface area contributed by atoms with Crippen molar-refractivity contribution in [3.8, 4) is 0 Å². The normalized spacial score (nSPS) is 29.1. The molecule has 1 aliphatic carbocycles. The molecule has 2 unspecified atom stereocenters. The van der Waals surface area contributed by atoms with Crippen molar-refractivity contribution in [1.29, 1.82) is 0 Å². The molecule has 1 fully saturated rings. The number of amides is 1. The molecule has 1 rings (SSSR count). The van der Waals surface area contributed by atoms with Gasteiger partial charge < -0.3 is 20.3 Å². The highest BCUT2D eigenvalue weighted by atomic mass is 16.6. The zero-order valence-corrected chi connectivity index (χ0v) is 9.61. The lowest BCUT2D eigenvalue weighted by atomic mass is 9.74. The quantitative estimate of drug-likeness (QED) is 0.642. The molecule has 1 saturated carbocycles. The predicted molar refractivity (Wildman–Crippen MR) is 55.0 cm³/mol. The number of alkyl carbamates (subject to hydrolysis) is 1. The van der Waals surface area contributed by atoms with Gasteiger partial charge in [-0.1, -0.05) is 0 Å². The minimum atomic E-state index is -1.58. The Morgan fingerprint density at radius 1 is 1.44 bits per heavy atom. The van der Waals surface area contributed by atoms with Crippen LogP contribution in [0.4, 0.5) is 4.79 Å². The third kappa shape index (κ3) is 2.44. The molecule has 0 spiro atoms. The molecule has 6 nitrogen and oxygen atoms in total. The summed E-state index contributed by atoms with van der Waals surface area (Å²) in [6, 6.07) is 0. The van der Waals surface area contributed by atoms with E-state index in [1.807, 2.05) is 0 Å². The second kappa shape index (κ2) is 3.93. The molecular weight excluding hydrogens is 214 g/mol. The average Bonchev–Trinajstić information content (AvgIpc) is 2.08. The fraction of sp³-hybridized carbons (Fsp3) is 0.800. The maximum absolute atomic E-state index is 11.4. The monoisotopic (exact) mass is 231 g/mol. The van der Waals surface area contributed by atoms with Gasteiger partial charge in [-0.05, 0) is 33.6 Å². The van der Waals surface area contributed by atoms with Crippen LogP contribution in [0, 0.1) is 0 Å². The lowest BCUT2D eigenvalue weighted by Crippen LogP contribution is -2.68. The largest absolute Gasteiger partial charge is 0.479 e. The molecule has 0 radical (unpaired) electrons. The molecule has 0 aromatic carbocycles. The van der Waals surface area contributed by atoms with Gasteiger partial charge >= 0.3 is 12.1 Å². The highest BCUT2D eigenvalue weighted by molar-refractivity contribution is 5.86. The van der Waals surface area contributed by atoms with Crippen molar-refractivity contribution in [1.82, 2.24) is 5.32 Å². The molecule has 92 valence electrons. The van der Waals surface area contributed by atoms with Crippen LogP contribution in [0.3, 0.4) is 0 Å². The Morgan fingerprint density at radius 3 is 2.25 bits per heavy atom. The van der Waals surface area contributed by atoms with E-state index in [1.54, 1.807) is 20.8 Å². The summed E-state index contributed by atoms with van der Waals surface area (Å²) in [4.78, 5) is 22.4. The smallest absolute Gasteiger partial charge is 0.408 e. The van der Waals surface area contributed by atoms with Crippen LogP contribution in [0.5, 0.6) is 0 Å². The van der Waals surface area contributed by atoms with Crippen LogP contribution in [-0.4, -0.2) is 39.5 Å². The lowest BCUT2D eigenvalue weighted by molar-refractivity contribution is -0.158.